The summed E-state index contributed by atoms with van der Waals surface area (Å²) in [5.41, 5.74) is 5.35. The maximum Gasteiger partial charge on any atom is 0.174 e. The number of hydrogen-bond acceptors (Lipinski definition) is 5. The van der Waals surface area contributed by atoms with Crippen molar-refractivity contribution in [2.75, 3.05) is 32.8 Å². The molecule has 1 fully saturated rings. The summed E-state index contributed by atoms with van der Waals surface area (Å²) in [5.74, 6) is 1.42. The number of benzene rings is 1. The number of anilines is 1. The van der Waals surface area contributed by atoms with E-state index in [1.807, 2.05) is 42.6 Å². The summed E-state index contributed by atoms with van der Waals surface area (Å²) >= 11 is 5.87. The fourth-order valence-electron chi connectivity index (χ4n) is 4.57. The van der Waals surface area contributed by atoms with Gasteiger partial charge in [-0.3, -0.25) is 4.98 Å². The van der Waals surface area contributed by atoms with Crippen molar-refractivity contribution in [1.82, 2.24) is 14.9 Å². The minimum atomic E-state index is -0.123. The Hall–Kier alpha value is -3.10. The first-order valence-corrected chi connectivity index (χ1v) is 11.3. The molecule has 1 saturated heterocycles. The fraction of sp³-hybridized carbons (Fsp3) is 0.360. The number of nitrogens with one attached hydrogen (secondary N) is 1. The van der Waals surface area contributed by atoms with Gasteiger partial charge in [0.2, 0.25) is 0 Å². The average Bonchev–Trinajstić information content (AvgIpc) is 3.32. The van der Waals surface area contributed by atoms with Crippen LogP contribution >= 0.6 is 12.2 Å². The molecule has 8 heteroatoms. The summed E-state index contributed by atoms with van der Waals surface area (Å²) < 4.78 is 18.8. The maximum atomic E-state index is 5.87. The van der Waals surface area contributed by atoms with Crippen LogP contribution in [0.25, 0.3) is 0 Å². The van der Waals surface area contributed by atoms with Gasteiger partial charge in [0.15, 0.2) is 5.11 Å². The number of methoxy groups -OCH3 is 3. The lowest BCUT2D eigenvalue weighted by Crippen LogP contribution is -2.30. The molecular formula is C25H30N4O3S. The molecule has 0 unspecified atom stereocenters. The van der Waals surface area contributed by atoms with Crippen LogP contribution in [0.3, 0.4) is 0 Å². The van der Waals surface area contributed by atoms with E-state index in [0.717, 1.165) is 23.7 Å². The molecule has 3 aromatic rings. The van der Waals surface area contributed by atoms with Crippen molar-refractivity contribution in [3.8, 4) is 11.5 Å². The van der Waals surface area contributed by atoms with E-state index in [4.69, 9.17) is 26.4 Å². The van der Waals surface area contributed by atoms with Crippen LogP contribution in [-0.2, 0) is 11.3 Å². The Bertz CT molecular complexity index is 1130. The molecule has 1 aliphatic heterocycles. The maximum absolute atomic E-state index is 5.87. The van der Waals surface area contributed by atoms with Crippen LogP contribution in [0.2, 0.25) is 0 Å². The van der Waals surface area contributed by atoms with Gasteiger partial charge in [0, 0.05) is 37.3 Å². The Kier molecular flexibility index (Phi) is 6.85. The number of thiocarbonyl (C=S) groups is 1. The second-order valence-electron chi connectivity index (χ2n) is 8.01. The van der Waals surface area contributed by atoms with Crippen LogP contribution in [0.15, 0.2) is 48.7 Å². The van der Waals surface area contributed by atoms with Gasteiger partial charge in [-0.25, -0.2) is 0 Å². The fourth-order valence-corrected chi connectivity index (χ4v) is 4.91. The molecule has 0 aliphatic carbocycles. The molecule has 4 rings (SSSR count). The average molecular weight is 467 g/mol. The van der Waals surface area contributed by atoms with Gasteiger partial charge in [-0.05, 0) is 62.0 Å². The number of nitrogens with zero attached hydrogens (tertiary/aromatic N) is 3. The first-order valence-electron chi connectivity index (χ1n) is 10.9. The molecule has 1 aliphatic rings. The molecule has 1 aromatic carbocycles. The molecular weight excluding hydrogens is 436 g/mol. The van der Waals surface area contributed by atoms with Gasteiger partial charge in [0.05, 0.1) is 44.3 Å². The van der Waals surface area contributed by atoms with Crippen molar-refractivity contribution in [2.45, 2.75) is 32.5 Å². The molecule has 0 amide bonds. The number of hydrogen-bond donors (Lipinski definition) is 1. The van der Waals surface area contributed by atoms with Crippen molar-refractivity contribution < 1.29 is 14.2 Å². The van der Waals surface area contributed by atoms with Gasteiger partial charge in [0.1, 0.15) is 11.5 Å². The van der Waals surface area contributed by atoms with Crippen LogP contribution in [-0.4, -0.2) is 42.6 Å². The normalized spacial score (nSPS) is 17.8. The Morgan fingerprint density at radius 3 is 2.55 bits per heavy atom. The first-order chi connectivity index (χ1) is 16.0. The van der Waals surface area contributed by atoms with E-state index in [1.165, 1.54) is 17.0 Å². The number of rotatable bonds is 8. The predicted octanol–water partition coefficient (Wildman–Crippen LogP) is 4.34. The zero-order chi connectivity index (χ0) is 23.5. The van der Waals surface area contributed by atoms with Gasteiger partial charge in [-0.15, -0.1) is 0 Å². The molecule has 0 bridgehead atoms. The molecule has 2 aromatic heterocycles. The zero-order valence-electron chi connectivity index (χ0n) is 19.7. The van der Waals surface area contributed by atoms with E-state index in [2.05, 4.69) is 39.7 Å². The summed E-state index contributed by atoms with van der Waals surface area (Å²) in [6, 6.07) is 13.8. The standard InChI is InChI=1S/C25H30N4O3S/c1-16-14-19(17(2)28(16)12-13-30-3)24-23(20-8-6-7-11-26-20)27-25(33)29(24)21-10-9-18(31-4)15-22(21)32-5/h6-11,14-15,23-24H,12-13H2,1-5H3,(H,27,33)/t23-,24-/m1/s1. The van der Waals surface area contributed by atoms with Crippen LogP contribution in [0, 0.1) is 13.8 Å². The highest BCUT2D eigenvalue weighted by Crippen LogP contribution is 2.46. The van der Waals surface area contributed by atoms with Crippen molar-refractivity contribution in [1.29, 1.82) is 0 Å². The third-order valence-electron chi connectivity index (χ3n) is 6.19. The van der Waals surface area contributed by atoms with E-state index in [0.29, 0.717) is 17.5 Å². The Balaban J connectivity index is 1.87. The molecule has 0 saturated carbocycles. The summed E-state index contributed by atoms with van der Waals surface area (Å²) in [6.45, 7) is 5.72. The first kappa shape index (κ1) is 23.1. The zero-order valence-corrected chi connectivity index (χ0v) is 20.5. The quantitative estimate of drug-likeness (QED) is 0.496. The minimum absolute atomic E-state index is 0.114. The molecule has 0 radical (unpaired) electrons. The molecule has 174 valence electrons. The Morgan fingerprint density at radius 2 is 1.88 bits per heavy atom. The minimum Gasteiger partial charge on any atom is -0.497 e. The lowest BCUT2D eigenvalue weighted by atomic mass is 9.96. The molecule has 7 nitrogen and oxygen atoms in total. The topological polar surface area (TPSA) is 60.8 Å². The highest BCUT2D eigenvalue weighted by atomic mass is 32.1. The van der Waals surface area contributed by atoms with Gasteiger partial charge in [-0.2, -0.15) is 0 Å². The van der Waals surface area contributed by atoms with E-state index in [-0.39, 0.29) is 12.1 Å². The van der Waals surface area contributed by atoms with Crippen LogP contribution in [0.4, 0.5) is 5.69 Å². The van der Waals surface area contributed by atoms with Gasteiger partial charge < -0.3 is 29.0 Å². The number of pyridine rings is 1. The summed E-state index contributed by atoms with van der Waals surface area (Å²) in [6.07, 6.45) is 1.82. The smallest absolute Gasteiger partial charge is 0.174 e. The van der Waals surface area contributed by atoms with Crippen molar-refractivity contribution in [3.05, 3.63) is 71.3 Å². The second kappa shape index (κ2) is 9.80. The summed E-state index contributed by atoms with van der Waals surface area (Å²) in [7, 11) is 5.03. The molecule has 0 spiro atoms. The third-order valence-corrected chi connectivity index (χ3v) is 6.51. The molecule has 2 atom stereocenters. The van der Waals surface area contributed by atoms with Crippen molar-refractivity contribution in [3.63, 3.8) is 0 Å². The lowest BCUT2D eigenvalue weighted by Gasteiger charge is -2.29. The van der Waals surface area contributed by atoms with Crippen molar-refractivity contribution in [2.24, 2.45) is 0 Å². The molecule has 33 heavy (non-hydrogen) atoms. The Labute approximate surface area is 200 Å². The van der Waals surface area contributed by atoms with Crippen molar-refractivity contribution >= 4 is 23.0 Å². The van der Waals surface area contributed by atoms with Crippen LogP contribution in [0.5, 0.6) is 11.5 Å². The van der Waals surface area contributed by atoms with Crippen LogP contribution in [0.1, 0.15) is 34.7 Å². The Morgan fingerprint density at radius 1 is 1.06 bits per heavy atom. The van der Waals surface area contributed by atoms with E-state index < -0.39 is 0 Å². The highest BCUT2D eigenvalue weighted by molar-refractivity contribution is 7.80. The SMILES string of the molecule is COCCn1c(C)cc([C@@H]2[C@@H](c3ccccn3)NC(=S)N2c2ccc(OC)cc2OC)c1C. The van der Waals surface area contributed by atoms with E-state index >= 15 is 0 Å². The van der Waals surface area contributed by atoms with Gasteiger partial charge in [-0.1, -0.05) is 6.07 Å². The summed E-state index contributed by atoms with van der Waals surface area (Å²) in [4.78, 5) is 6.78. The summed E-state index contributed by atoms with van der Waals surface area (Å²) in [5, 5.41) is 4.15. The lowest BCUT2D eigenvalue weighted by molar-refractivity contribution is 0.186. The van der Waals surface area contributed by atoms with E-state index in [9.17, 15) is 0 Å². The molecule has 3 heterocycles. The number of aromatic nitrogens is 2. The largest absolute Gasteiger partial charge is 0.497 e. The third kappa shape index (κ3) is 4.28. The molecule has 1 N–H and O–H groups in total. The van der Waals surface area contributed by atoms with E-state index in [1.54, 1.807) is 21.3 Å². The monoisotopic (exact) mass is 466 g/mol. The predicted molar refractivity (Wildman–Crippen MR) is 133 cm³/mol. The second-order valence-corrected chi connectivity index (χ2v) is 8.39. The van der Waals surface area contributed by atoms with Gasteiger partial charge >= 0.3 is 0 Å². The van der Waals surface area contributed by atoms with Gasteiger partial charge in [0.25, 0.3) is 0 Å². The van der Waals surface area contributed by atoms with Crippen LogP contribution < -0.4 is 19.7 Å². The number of ether oxygens (including phenoxy) is 3. The highest BCUT2D eigenvalue weighted by Gasteiger charge is 2.43. The number of aryl methyl sites for hydroxylation is 1.